The van der Waals surface area contributed by atoms with Crippen LogP contribution in [0.25, 0.3) is 0 Å². The summed E-state index contributed by atoms with van der Waals surface area (Å²) in [5.74, 6) is 1.67. The van der Waals surface area contributed by atoms with Crippen molar-refractivity contribution in [2.24, 2.45) is 5.10 Å². The summed E-state index contributed by atoms with van der Waals surface area (Å²) in [4.78, 5) is 12.1. The predicted molar refractivity (Wildman–Crippen MR) is 120 cm³/mol. The van der Waals surface area contributed by atoms with Gasteiger partial charge < -0.3 is 14.2 Å². The van der Waals surface area contributed by atoms with Gasteiger partial charge in [-0.25, -0.2) is 5.43 Å². The van der Waals surface area contributed by atoms with E-state index in [0.29, 0.717) is 36.0 Å². The average Bonchev–Trinajstić information content (AvgIpc) is 2.78. The molecular formula is C23H21BrN2O4. The van der Waals surface area contributed by atoms with Gasteiger partial charge in [0, 0.05) is 15.6 Å². The normalized spacial score (nSPS) is 10.6. The lowest BCUT2D eigenvalue weighted by Gasteiger charge is -2.12. The van der Waals surface area contributed by atoms with Gasteiger partial charge in [0.1, 0.15) is 19.0 Å². The molecule has 1 amide bonds. The molecule has 0 bridgehead atoms. The Labute approximate surface area is 183 Å². The van der Waals surface area contributed by atoms with Crippen molar-refractivity contribution in [3.05, 3.63) is 88.4 Å². The Morgan fingerprint density at radius 1 is 0.933 bits per heavy atom. The van der Waals surface area contributed by atoms with Crippen LogP contribution in [0.1, 0.15) is 15.9 Å². The van der Waals surface area contributed by atoms with Crippen LogP contribution in [-0.4, -0.2) is 32.4 Å². The summed E-state index contributed by atoms with van der Waals surface area (Å²) in [5.41, 5.74) is 3.77. The quantitative estimate of drug-likeness (QED) is 0.281. The molecule has 3 aromatic carbocycles. The summed E-state index contributed by atoms with van der Waals surface area (Å²) in [5, 5.41) is 4.05. The number of carbonyl (C=O) groups excluding carboxylic acids is 1. The Hall–Kier alpha value is -3.32. The van der Waals surface area contributed by atoms with Crippen molar-refractivity contribution in [2.75, 3.05) is 20.3 Å². The first-order valence-electron chi connectivity index (χ1n) is 9.24. The topological polar surface area (TPSA) is 69.2 Å². The van der Waals surface area contributed by atoms with Crippen molar-refractivity contribution >= 4 is 28.1 Å². The van der Waals surface area contributed by atoms with Crippen LogP contribution in [0.3, 0.4) is 0 Å². The molecule has 6 nitrogen and oxygen atoms in total. The number of rotatable bonds is 9. The van der Waals surface area contributed by atoms with Gasteiger partial charge in [-0.15, -0.1) is 0 Å². The van der Waals surface area contributed by atoms with Crippen LogP contribution in [0.15, 0.2) is 82.4 Å². The van der Waals surface area contributed by atoms with E-state index in [2.05, 4.69) is 26.5 Å². The fourth-order valence-corrected chi connectivity index (χ4v) is 2.99. The molecule has 0 unspecified atom stereocenters. The molecule has 1 N–H and O–H groups in total. The lowest BCUT2D eigenvalue weighted by atomic mass is 10.2. The van der Waals surface area contributed by atoms with E-state index in [4.69, 9.17) is 14.2 Å². The number of nitrogens with one attached hydrogen (secondary N) is 1. The minimum Gasteiger partial charge on any atom is -0.493 e. The first-order chi connectivity index (χ1) is 14.7. The van der Waals surface area contributed by atoms with Gasteiger partial charge in [-0.2, -0.15) is 5.10 Å². The van der Waals surface area contributed by atoms with Gasteiger partial charge in [-0.3, -0.25) is 4.79 Å². The third kappa shape index (κ3) is 6.09. The molecule has 3 rings (SSSR count). The molecule has 0 saturated carbocycles. The first kappa shape index (κ1) is 21.4. The van der Waals surface area contributed by atoms with Gasteiger partial charge in [0.15, 0.2) is 11.5 Å². The molecular weight excluding hydrogens is 448 g/mol. The van der Waals surface area contributed by atoms with Crippen LogP contribution in [0, 0.1) is 0 Å². The van der Waals surface area contributed by atoms with Gasteiger partial charge in [0.05, 0.1) is 13.3 Å². The van der Waals surface area contributed by atoms with Gasteiger partial charge in [0.2, 0.25) is 0 Å². The standard InChI is InChI=1S/C23H21BrN2O4/c1-28-21-9-5-6-10-22(21)30-14-13-29-20-12-11-19(24)15-18(20)16-25-26-23(27)17-7-3-2-4-8-17/h2-12,15-16H,13-14H2,1H3,(H,26,27). The fraction of sp³-hybridized carbons (Fsp3) is 0.130. The van der Waals surface area contributed by atoms with Gasteiger partial charge >= 0.3 is 0 Å². The van der Waals surface area contributed by atoms with Crippen LogP contribution in [0.4, 0.5) is 0 Å². The van der Waals surface area contributed by atoms with E-state index >= 15 is 0 Å². The highest BCUT2D eigenvalue weighted by molar-refractivity contribution is 9.10. The Kier molecular flexibility index (Phi) is 7.86. The maximum Gasteiger partial charge on any atom is 0.271 e. The van der Waals surface area contributed by atoms with Crippen LogP contribution in [-0.2, 0) is 0 Å². The second-order valence-corrected chi connectivity index (χ2v) is 7.01. The Morgan fingerprint density at radius 2 is 1.60 bits per heavy atom. The summed E-state index contributed by atoms with van der Waals surface area (Å²) in [6, 6.07) is 21.9. The molecule has 3 aromatic rings. The van der Waals surface area contributed by atoms with Crippen molar-refractivity contribution < 1.29 is 19.0 Å². The number of halogens is 1. The van der Waals surface area contributed by atoms with E-state index in [-0.39, 0.29) is 5.91 Å². The van der Waals surface area contributed by atoms with E-state index in [9.17, 15) is 4.79 Å². The minimum atomic E-state index is -0.283. The second-order valence-electron chi connectivity index (χ2n) is 6.10. The number of hydrogen-bond acceptors (Lipinski definition) is 5. The summed E-state index contributed by atoms with van der Waals surface area (Å²) < 4.78 is 17.7. The van der Waals surface area contributed by atoms with Crippen molar-refractivity contribution in [1.82, 2.24) is 5.43 Å². The van der Waals surface area contributed by atoms with Crippen LogP contribution < -0.4 is 19.6 Å². The Morgan fingerprint density at radius 3 is 2.33 bits per heavy atom. The molecule has 30 heavy (non-hydrogen) atoms. The molecule has 0 radical (unpaired) electrons. The number of carbonyl (C=O) groups is 1. The average molecular weight is 469 g/mol. The van der Waals surface area contributed by atoms with Crippen LogP contribution >= 0.6 is 15.9 Å². The van der Waals surface area contributed by atoms with Gasteiger partial charge in [0.25, 0.3) is 5.91 Å². The van der Waals surface area contributed by atoms with E-state index in [1.54, 1.807) is 37.6 Å². The summed E-state index contributed by atoms with van der Waals surface area (Å²) in [6.45, 7) is 0.675. The van der Waals surface area contributed by atoms with Crippen molar-refractivity contribution in [3.63, 3.8) is 0 Å². The monoisotopic (exact) mass is 468 g/mol. The maximum absolute atomic E-state index is 12.1. The molecule has 0 atom stereocenters. The maximum atomic E-state index is 12.1. The minimum absolute atomic E-state index is 0.283. The van der Waals surface area contributed by atoms with Gasteiger partial charge in [-0.1, -0.05) is 46.3 Å². The van der Waals surface area contributed by atoms with E-state index in [0.717, 1.165) is 10.0 Å². The summed E-state index contributed by atoms with van der Waals surface area (Å²) in [7, 11) is 1.60. The summed E-state index contributed by atoms with van der Waals surface area (Å²) in [6.07, 6.45) is 1.54. The highest BCUT2D eigenvalue weighted by Crippen LogP contribution is 2.26. The highest BCUT2D eigenvalue weighted by Gasteiger charge is 2.06. The summed E-state index contributed by atoms with van der Waals surface area (Å²) >= 11 is 3.44. The number of nitrogens with zero attached hydrogens (tertiary/aromatic N) is 1. The van der Waals surface area contributed by atoms with Gasteiger partial charge in [-0.05, 0) is 42.5 Å². The Bertz CT molecular complexity index is 1010. The smallest absolute Gasteiger partial charge is 0.271 e. The first-order valence-corrected chi connectivity index (χ1v) is 10.0. The third-order valence-corrected chi connectivity index (χ3v) is 4.54. The van der Waals surface area contributed by atoms with E-state index in [1.165, 1.54) is 0 Å². The Balaban J connectivity index is 1.57. The van der Waals surface area contributed by atoms with Crippen LogP contribution in [0.2, 0.25) is 0 Å². The van der Waals surface area contributed by atoms with Crippen molar-refractivity contribution in [3.8, 4) is 17.2 Å². The molecule has 154 valence electrons. The number of hydrogen-bond donors (Lipinski definition) is 1. The molecule has 0 heterocycles. The molecule has 0 aliphatic carbocycles. The van der Waals surface area contributed by atoms with Crippen molar-refractivity contribution in [2.45, 2.75) is 0 Å². The second kappa shape index (κ2) is 11.0. The van der Waals surface area contributed by atoms with Crippen molar-refractivity contribution in [1.29, 1.82) is 0 Å². The zero-order valence-electron chi connectivity index (χ0n) is 16.4. The van der Waals surface area contributed by atoms with E-state index in [1.807, 2.05) is 48.5 Å². The molecule has 0 saturated heterocycles. The lowest BCUT2D eigenvalue weighted by molar-refractivity contribution is 0.0955. The molecule has 0 aliphatic rings. The molecule has 0 aromatic heterocycles. The lowest BCUT2D eigenvalue weighted by Crippen LogP contribution is -2.17. The molecule has 0 aliphatic heterocycles. The van der Waals surface area contributed by atoms with E-state index < -0.39 is 0 Å². The molecule has 7 heteroatoms. The zero-order valence-corrected chi connectivity index (χ0v) is 18.0. The fourth-order valence-electron chi connectivity index (χ4n) is 2.61. The number of amides is 1. The zero-order chi connectivity index (χ0) is 21.2. The number of benzene rings is 3. The number of para-hydroxylation sites is 2. The number of ether oxygens (including phenoxy) is 3. The molecule has 0 spiro atoms. The number of methoxy groups -OCH3 is 1. The van der Waals surface area contributed by atoms with Crippen LogP contribution in [0.5, 0.6) is 17.2 Å². The number of hydrazone groups is 1. The molecule has 0 fully saturated rings. The SMILES string of the molecule is COc1ccccc1OCCOc1ccc(Br)cc1C=NNC(=O)c1ccccc1. The largest absolute Gasteiger partial charge is 0.493 e. The predicted octanol–water partition coefficient (Wildman–Crippen LogP) is 4.68. The highest BCUT2D eigenvalue weighted by atomic mass is 79.9. The third-order valence-electron chi connectivity index (χ3n) is 4.05.